The Hall–Kier alpha value is -1.94. The van der Waals surface area contributed by atoms with Crippen molar-refractivity contribution in [2.75, 3.05) is 6.54 Å². The summed E-state index contributed by atoms with van der Waals surface area (Å²) in [4.78, 5) is 23.2. The van der Waals surface area contributed by atoms with Crippen LogP contribution in [0.4, 0.5) is 0 Å². The van der Waals surface area contributed by atoms with Crippen molar-refractivity contribution in [1.82, 2.24) is 5.32 Å². The molecule has 0 radical (unpaired) electrons. The van der Waals surface area contributed by atoms with E-state index < -0.39 is 12.0 Å². The van der Waals surface area contributed by atoms with Gasteiger partial charge in [0, 0.05) is 12.1 Å². The molecule has 0 saturated carbocycles. The summed E-state index contributed by atoms with van der Waals surface area (Å²) in [7, 11) is 0. The van der Waals surface area contributed by atoms with Crippen LogP contribution in [0.3, 0.4) is 0 Å². The molecule has 1 unspecified atom stereocenters. The van der Waals surface area contributed by atoms with E-state index >= 15 is 0 Å². The highest BCUT2D eigenvalue weighted by Gasteiger charge is 2.22. The zero-order valence-corrected chi connectivity index (χ0v) is 12.6. The van der Waals surface area contributed by atoms with Crippen molar-refractivity contribution < 1.29 is 14.7 Å². The lowest BCUT2D eigenvalue weighted by Gasteiger charge is -2.15. The van der Waals surface area contributed by atoms with Gasteiger partial charge in [-0.1, -0.05) is 44.2 Å². The number of aliphatic carboxylic acids is 1. The molecule has 1 rings (SSSR count). The Kier molecular flexibility index (Phi) is 6.82. The Morgan fingerprint density at radius 3 is 2.38 bits per heavy atom. The number of Topliss-reactive ketones (excluding diaryl/α,β-unsaturated/α-hetero) is 1. The maximum absolute atomic E-state index is 12.4. The summed E-state index contributed by atoms with van der Waals surface area (Å²) in [6.45, 7) is 8.24. The van der Waals surface area contributed by atoms with Gasteiger partial charge in [-0.15, -0.1) is 6.58 Å². The molecule has 0 aromatic heterocycles. The van der Waals surface area contributed by atoms with Crippen LogP contribution in [0.2, 0.25) is 0 Å². The molecular weight excluding hydrogens is 266 g/mol. The topological polar surface area (TPSA) is 66.4 Å². The number of rotatable bonds is 9. The fraction of sp³-hybridized carbons (Fsp3) is 0.412. The van der Waals surface area contributed by atoms with Crippen LogP contribution in [0.15, 0.2) is 36.9 Å². The molecule has 4 nitrogen and oxygen atoms in total. The molecule has 1 atom stereocenters. The Bertz CT molecular complexity index is 491. The Morgan fingerprint density at radius 1 is 1.29 bits per heavy atom. The van der Waals surface area contributed by atoms with E-state index in [9.17, 15) is 9.59 Å². The molecule has 21 heavy (non-hydrogen) atoms. The number of benzene rings is 1. The van der Waals surface area contributed by atoms with E-state index in [1.54, 1.807) is 18.2 Å². The van der Waals surface area contributed by atoms with Crippen molar-refractivity contribution >= 4 is 11.8 Å². The fourth-order valence-electron chi connectivity index (χ4n) is 2.14. The van der Waals surface area contributed by atoms with Crippen LogP contribution in [-0.4, -0.2) is 29.4 Å². The molecule has 0 heterocycles. The molecule has 0 aliphatic carbocycles. The van der Waals surface area contributed by atoms with Gasteiger partial charge in [0.1, 0.15) is 0 Å². The van der Waals surface area contributed by atoms with Crippen LogP contribution >= 0.6 is 0 Å². The van der Waals surface area contributed by atoms with E-state index in [0.29, 0.717) is 18.0 Å². The summed E-state index contributed by atoms with van der Waals surface area (Å²) >= 11 is 0. The lowest BCUT2D eigenvalue weighted by Crippen LogP contribution is -2.38. The third kappa shape index (κ3) is 5.92. The number of carbonyl (C=O) groups is 2. The van der Waals surface area contributed by atoms with Crippen LogP contribution < -0.4 is 5.32 Å². The summed E-state index contributed by atoms with van der Waals surface area (Å²) < 4.78 is 0. The number of hydrogen-bond donors (Lipinski definition) is 2. The third-order valence-corrected chi connectivity index (χ3v) is 3.09. The fourth-order valence-corrected chi connectivity index (χ4v) is 2.14. The second kappa shape index (κ2) is 8.37. The van der Waals surface area contributed by atoms with Crippen molar-refractivity contribution in [2.45, 2.75) is 32.7 Å². The first-order chi connectivity index (χ1) is 9.93. The summed E-state index contributed by atoms with van der Waals surface area (Å²) in [6.07, 6.45) is 2.33. The number of hydrogen-bond acceptors (Lipinski definition) is 3. The van der Waals surface area contributed by atoms with E-state index in [2.05, 4.69) is 25.7 Å². The summed E-state index contributed by atoms with van der Waals surface area (Å²) in [5.41, 5.74) is 1.71. The molecule has 2 N–H and O–H groups in total. The smallest absolute Gasteiger partial charge is 0.305 e. The first-order valence-electron chi connectivity index (χ1n) is 7.13. The second-order valence-corrected chi connectivity index (χ2v) is 5.51. The lowest BCUT2D eigenvalue weighted by atomic mass is 9.97. The number of nitrogens with one attached hydrogen (secondary N) is 1. The molecule has 0 aliphatic heterocycles. The molecule has 114 valence electrons. The van der Waals surface area contributed by atoms with Gasteiger partial charge in [-0.25, -0.2) is 0 Å². The molecule has 0 saturated heterocycles. The molecule has 0 spiro atoms. The number of carboxylic acids is 1. The minimum absolute atomic E-state index is 0.199. The largest absolute Gasteiger partial charge is 0.481 e. The number of ketones is 1. The van der Waals surface area contributed by atoms with Gasteiger partial charge in [0.05, 0.1) is 12.5 Å². The quantitative estimate of drug-likeness (QED) is 0.542. The molecule has 0 amide bonds. The molecule has 0 bridgehead atoms. The Balaban J connectivity index is 2.81. The first-order valence-corrected chi connectivity index (χ1v) is 7.13. The molecule has 1 aromatic rings. The number of carboxylic acid groups (broad SMARTS) is 1. The van der Waals surface area contributed by atoms with Crippen molar-refractivity contribution in [1.29, 1.82) is 0 Å². The van der Waals surface area contributed by atoms with Gasteiger partial charge in [0.25, 0.3) is 0 Å². The normalized spacial score (nSPS) is 12.1. The lowest BCUT2D eigenvalue weighted by molar-refractivity contribution is -0.137. The van der Waals surface area contributed by atoms with Crippen molar-refractivity contribution in [2.24, 2.45) is 5.92 Å². The standard InChI is InChI=1S/C17H23NO3/c1-4-9-18-15(11-16(19)20)17(21)14-7-5-13(6-8-14)10-12(2)3/h4-8,12,15,18H,1,9-11H2,2-3H3,(H,19,20). The molecule has 0 fully saturated rings. The van der Waals surface area contributed by atoms with Gasteiger partial charge in [-0.3, -0.25) is 9.59 Å². The van der Waals surface area contributed by atoms with Crippen LogP contribution in [0.25, 0.3) is 0 Å². The van der Waals surface area contributed by atoms with Gasteiger partial charge in [-0.05, 0) is 17.9 Å². The molecule has 1 aromatic carbocycles. The zero-order chi connectivity index (χ0) is 15.8. The summed E-state index contributed by atoms with van der Waals surface area (Å²) in [5.74, 6) is -0.641. The average Bonchev–Trinajstić information content (AvgIpc) is 2.42. The van der Waals surface area contributed by atoms with E-state index in [4.69, 9.17) is 5.11 Å². The van der Waals surface area contributed by atoms with Gasteiger partial charge in [0.15, 0.2) is 5.78 Å². The second-order valence-electron chi connectivity index (χ2n) is 5.51. The van der Waals surface area contributed by atoms with Gasteiger partial charge < -0.3 is 10.4 Å². The van der Waals surface area contributed by atoms with Crippen LogP contribution in [0.5, 0.6) is 0 Å². The average molecular weight is 289 g/mol. The Morgan fingerprint density at radius 2 is 1.90 bits per heavy atom. The summed E-state index contributed by atoms with van der Waals surface area (Å²) in [5, 5.41) is 11.8. The van der Waals surface area contributed by atoms with Crippen LogP contribution in [0.1, 0.15) is 36.2 Å². The SMILES string of the molecule is C=CCNC(CC(=O)O)C(=O)c1ccc(CC(C)C)cc1. The minimum Gasteiger partial charge on any atom is -0.481 e. The van der Waals surface area contributed by atoms with Crippen molar-refractivity contribution in [3.8, 4) is 0 Å². The first kappa shape index (κ1) is 17.1. The molecule has 4 heteroatoms. The van der Waals surface area contributed by atoms with E-state index in [1.165, 1.54) is 5.56 Å². The molecular formula is C17H23NO3. The van der Waals surface area contributed by atoms with Crippen LogP contribution in [-0.2, 0) is 11.2 Å². The van der Waals surface area contributed by atoms with E-state index in [0.717, 1.165) is 6.42 Å². The van der Waals surface area contributed by atoms with Crippen molar-refractivity contribution in [3.63, 3.8) is 0 Å². The van der Waals surface area contributed by atoms with E-state index in [-0.39, 0.29) is 12.2 Å². The van der Waals surface area contributed by atoms with Crippen molar-refractivity contribution in [3.05, 3.63) is 48.0 Å². The zero-order valence-electron chi connectivity index (χ0n) is 12.6. The van der Waals surface area contributed by atoms with Gasteiger partial charge >= 0.3 is 5.97 Å². The highest BCUT2D eigenvalue weighted by atomic mass is 16.4. The van der Waals surface area contributed by atoms with E-state index in [1.807, 2.05) is 12.1 Å². The highest BCUT2D eigenvalue weighted by Crippen LogP contribution is 2.12. The van der Waals surface area contributed by atoms with Gasteiger partial charge in [0.2, 0.25) is 0 Å². The number of carbonyl (C=O) groups excluding carboxylic acids is 1. The molecule has 0 aliphatic rings. The maximum atomic E-state index is 12.4. The Labute approximate surface area is 125 Å². The van der Waals surface area contributed by atoms with Crippen LogP contribution in [0, 0.1) is 5.92 Å². The minimum atomic E-state index is -0.999. The monoisotopic (exact) mass is 289 g/mol. The maximum Gasteiger partial charge on any atom is 0.305 e. The summed E-state index contributed by atoms with van der Waals surface area (Å²) in [6, 6.07) is 6.67. The third-order valence-electron chi connectivity index (χ3n) is 3.09. The van der Waals surface area contributed by atoms with Gasteiger partial charge in [-0.2, -0.15) is 0 Å². The highest BCUT2D eigenvalue weighted by molar-refractivity contribution is 6.01. The predicted octanol–water partition coefficient (Wildman–Crippen LogP) is 2.69. The predicted molar refractivity (Wildman–Crippen MR) is 83.6 cm³/mol.